The van der Waals surface area contributed by atoms with Gasteiger partial charge in [0.1, 0.15) is 11.6 Å². The molecule has 0 fully saturated rings. The summed E-state index contributed by atoms with van der Waals surface area (Å²) in [6, 6.07) is 20.3. The Morgan fingerprint density at radius 1 is 1.00 bits per heavy atom. The van der Waals surface area contributed by atoms with Crippen molar-refractivity contribution in [3.05, 3.63) is 66.2 Å². The number of nitrogens with one attached hydrogen (secondary N) is 1. The standard InChI is InChI=1S/C18H18N2O/c1-2-21-16-8-5-6-14(12-16)13-19-18-11-10-15-7-3-4-9-17(15)20-18/h3-12H,2,13H2,1H3,(H,19,20). The largest absolute Gasteiger partial charge is 0.494 e. The fourth-order valence-corrected chi connectivity index (χ4v) is 2.27. The Hall–Kier alpha value is -2.55. The maximum atomic E-state index is 5.51. The molecule has 0 aliphatic heterocycles. The second kappa shape index (κ2) is 6.27. The number of benzene rings is 2. The highest BCUT2D eigenvalue weighted by atomic mass is 16.5. The summed E-state index contributed by atoms with van der Waals surface area (Å²) in [4.78, 5) is 4.61. The second-order valence-corrected chi connectivity index (χ2v) is 4.82. The SMILES string of the molecule is CCOc1cccc(CNc2ccc3ccccc3n2)c1. The molecule has 0 aliphatic carbocycles. The predicted molar refractivity (Wildman–Crippen MR) is 86.7 cm³/mol. The zero-order chi connectivity index (χ0) is 14.5. The molecule has 0 aliphatic rings. The maximum absolute atomic E-state index is 5.51. The van der Waals surface area contributed by atoms with Gasteiger partial charge in [0.25, 0.3) is 0 Å². The molecule has 0 saturated heterocycles. The molecule has 0 bridgehead atoms. The van der Waals surface area contributed by atoms with Crippen molar-refractivity contribution in [3.63, 3.8) is 0 Å². The van der Waals surface area contributed by atoms with Gasteiger partial charge in [-0.15, -0.1) is 0 Å². The van der Waals surface area contributed by atoms with Gasteiger partial charge in [-0.25, -0.2) is 4.98 Å². The van der Waals surface area contributed by atoms with E-state index in [4.69, 9.17) is 4.74 Å². The van der Waals surface area contributed by atoms with Crippen LogP contribution in [-0.2, 0) is 6.54 Å². The van der Waals surface area contributed by atoms with Crippen LogP contribution < -0.4 is 10.1 Å². The molecule has 1 aromatic heterocycles. The highest BCUT2D eigenvalue weighted by molar-refractivity contribution is 5.80. The van der Waals surface area contributed by atoms with Crippen molar-refractivity contribution in [2.24, 2.45) is 0 Å². The van der Waals surface area contributed by atoms with Crippen LogP contribution in [0.25, 0.3) is 10.9 Å². The number of ether oxygens (including phenoxy) is 1. The molecule has 1 N–H and O–H groups in total. The average Bonchev–Trinajstić information content (AvgIpc) is 2.53. The lowest BCUT2D eigenvalue weighted by atomic mass is 10.2. The minimum atomic E-state index is 0.684. The Morgan fingerprint density at radius 2 is 1.90 bits per heavy atom. The fourth-order valence-electron chi connectivity index (χ4n) is 2.27. The van der Waals surface area contributed by atoms with E-state index in [1.807, 2.05) is 43.3 Å². The van der Waals surface area contributed by atoms with Gasteiger partial charge < -0.3 is 10.1 Å². The molecule has 3 heteroatoms. The van der Waals surface area contributed by atoms with Crippen molar-refractivity contribution in [1.82, 2.24) is 4.98 Å². The highest BCUT2D eigenvalue weighted by Gasteiger charge is 1.99. The van der Waals surface area contributed by atoms with E-state index in [1.165, 1.54) is 5.56 Å². The van der Waals surface area contributed by atoms with Crippen LogP contribution >= 0.6 is 0 Å². The van der Waals surface area contributed by atoms with Gasteiger partial charge in [0.05, 0.1) is 12.1 Å². The van der Waals surface area contributed by atoms with Gasteiger partial charge >= 0.3 is 0 Å². The Balaban J connectivity index is 1.72. The van der Waals surface area contributed by atoms with Gasteiger partial charge in [-0.3, -0.25) is 0 Å². The molecule has 3 aromatic rings. The minimum Gasteiger partial charge on any atom is -0.494 e. The molecule has 0 saturated carbocycles. The van der Waals surface area contributed by atoms with Gasteiger partial charge in [0.2, 0.25) is 0 Å². The van der Waals surface area contributed by atoms with Gasteiger partial charge in [-0.1, -0.05) is 30.3 Å². The Labute approximate surface area is 124 Å². The van der Waals surface area contributed by atoms with Crippen LogP contribution in [0.3, 0.4) is 0 Å². The van der Waals surface area contributed by atoms with E-state index >= 15 is 0 Å². The summed E-state index contributed by atoms with van der Waals surface area (Å²) >= 11 is 0. The van der Waals surface area contributed by atoms with Crippen molar-refractivity contribution in [3.8, 4) is 5.75 Å². The third-order valence-corrected chi connectivity index (χ3v) is 3.28. The van der Waals surface area contributed by atoms with Crippen LogP contribution in [0.2, 0.25) is 0 Å². The number of hydrogen-bond acceptors (Lipinski definition) is 3. The van der Waals surface area contributed by atoms with Crippen LogP contribution in [0, 0.1) is 0 Å². The normalized spacial score (nSPS) is 10.5. The predicted octanol–water partition coefficient (Wildman–Crippen LogP) is 4.25. The number of pyridine rings is 1. The van der Waals surface area contributed by atoms with E-state index in [9.17, 15) is 0 Å². The van der Waals surface area contributed by atoms with Crippen molar-refractivity contribution in [1.29, 1.82) is 0 Å². The fraction of sp³-hybridized carbons (Fsp3) is 0.167. The van der Waals surface area contributed by atoms with Crippen LogP contribution in [-0.4, -0.2) is 11.6 Å². The van der Waals surface area contributed by atoms with Crippen LogP contribution in [0.1, 0.15) is 12.5 Å². The third kappa shape index (κ3) is 3.31. The van der Waals surface area contributed by atoms with Gasteiger partial charge in [0.15, 0.2) is 0 Å². The first kappa shape index (κ1) is 13.4. The van der Waals surface area contributed by atoms with Crippen molar-refractivity contribution in [2.75, 3.05) is 11.9 Å². The number of hydrogen-bond donors (Lipinski definition) is 1. The molecular formula is C18H18N2O. The topological polar surface area (TPSA) is 34.1 Å². The third-order valence-electron chi connectivity index (χ3n) is 3.28. The Kier molecular flexibility index (Phi) is 4.01. The summed E-state index contributed by atoms with van der Waals surface area (Å²) in [5.41, 5.74) is 2.18. The molecule has 0 atom stereocenters. The molecule has 106 valence electrons. The first-order valence-corrected chi connectivity index (χ1v) is 7.16. The molecule has 21 heavy (non-hydrogen) atoms. The molecule has 2 aromatic carbocycles. The summed E-state index contributed by atoms with van der Waals surface area (Å²) in [6.07, 6.45) is 0. The number of anilines is 1. The lowest BCUT2D eigenvalue weighted by Gasteiger charge is -2.09. The van der Waals surface area contributed by atoms with Gasteiger partial charge in [0, 0.05) is 11.9 Å². The molecule has 0 spiro atoms. The molecule has 0 amide bonds. The van der Waals surface area contributed by atoms with Crippen LogP contribution in [0.15, 0.2) is 60.7 Å². The smallest absolute Gasteiger partial charge is 0.126 e. The van der Waals surface area contributed by atoms with Crippen molar-refractivity contribution in [2.45, 2.75) is 13.5 Å². The number of rotatable bonds is 5. The summed E-state index contributed by atoms with van der Waals surface area (Å²) in [5.74, 6) is 1.79. The molecule has 1 heterocycles. The number of aromatic nitrogens is 1. The lowest BCUT2D eigenvalue weighted by molar-refractivity contribution is 0.340. The molecular weight excluding hydrogens is 260 g/mol. The summed E-state index contributed by atoms with van der Waals surface area (Å²) in [6.45, 7) is 3.40. The lowest BCUT2D eigenvalue weighted by Crippen LogP contribution is -2.02. The number of nitrogens with zero attached hydrogens (tertiary/aromatic N) is 1. The first-order valence-electron chi connectivity index (χ1n) is 7.16. The van der Waals surface area contributed by atoms with Gasteiger partial charge in [-0.2, -0.15) is 0 Å². The summed E-state index contributed by atoms with van der Waals surface area (Å²) < 4.78 is 5.51. The second-order valence-electron chi connectivity index (χ2n) is 4.82. The monoisotopic (exact) mass is 278 g/mol. The average molecular weight is 278 g/mol. The minimum absolute atomic E-state index is 0.684. The summed E-state index contributed by atoms with van der Waals surface area (Å²) in [5, 5.41) is 4.51. The van der Waals surface area contributed by atoms with E-state index in [0.717, 1.165) is 29.0 Å². The van der Waals surface area contributed by atoms with E-state index in [1.54, 1.807) is 0 Å². The molecule has 3 nitrogen and oxygen atoms in total. The quantitative estimate of drug-likeness (QED) is 0.757. The zero-order valence-electron chi connectivity index (χ0n) is 12.0. The molecule has 0 unspecified atom stereocenters. The highest BCUT2D eigenvalue weighted by Crippen LogP contribution is 2.17. The van der Waals surface area contributed by atoms with E-state index in [2.05, 4.69) is 34.6 Å². The number of para-hydroxylation sites is 1. The van der Waals surface area contributed by atoms with E-state index < -0.39 is 0 Å². The number of fused-ring (bicyclic) bond motifs is 1. The first-order chi connectivity index (χ1) is 10.3. The Bertz CT molecular complexity index is 740. The molecule has 0 radical (unpaired) electrons. The van der Waals surface area contributed by atoms with Crippen molar-refractivity contribution >= 4 is 16.7 Å². The molecule has 3 rings (SSSR count). The van der Waals surface area contributed by atoms with Crippen LogP contribution in [0.4, 0.5) is 5.82 Å². The van der Waals surface area contributed by atoms with Gasteiger partial charge in [-0.05, 0) is 42.8 Å². The summed E-state index contributed by atoms with van der Waals surface area (Å²) in [7, 11) is 0. The van der Waals surface area contributed by atoms with Crippen molar-refractivity contribution < 1.29 is 4.74 Å². The van der Waals surface area contributed by atoms with E-state index in [0.29, 0.717) is 6.61 Å². The van der Waals surface area contributed by atoms with E-state index in [-0.39, 0.29) is 0 Å². The van der Waals surface area contributed by atoms with Crippen LogP contribution in [0.5, 0.6) is 5.75 Å². The maximum Gasteiger partial charge on any atom is 0.126 e. The Morgan fingerprint density at radius 3 is 2.81 bits per heavy atom. The zero-order valence-corrected chi connectivity index (χ0v) is 12.0.